The predicted molar refractivity (Wildman–Crippen MR) is 82.5 cm³/mol. The Bertz CT molecular complexity index is 592. The van der Waals surface area contributed by atoms with E-state index >= 15 is 0 Å². The van der Waals surface area contributed by atoms with Gasteiger partial charge in [0.2, 0.25) is 0 Å². The summed E-state index contributed by atoms with van der Waals surface area (Å²) in [5.41, 5.74) is 1.74. The zero-order valence-corrected chi connectivity index (χ0v) is 12.7. The maximum atomic E-state index is 11.7. The van der Waals surface area contributed by atoms with Crippen LogP contribution >= 0.6 is 8.69 Å². The fraction of sp³-hybridized carbons (Fsp3) is 0.188. The van der Waals surface area contributed by atoms with Gasteiger partial charge in [0.25, 0.3) is 0 Å². The Kier molecular flexibility index (Phi) is 6.55. The molecular weight excluding hydrogens is 301 g/mol. The Labute approximate surface area is 130 Å². The first-order chi connectivity index (χ1) is 10.8. The lowest BCUT2D eigenvalue weighted by Gasteiger charge is -2.15. The molecule has 6 heteroatoms. The highest BCUT2D eigenvalue weighted by molar-refractivity contribution is 7.17. The van der Waals surface area contributed by atoms with Crippen LogP contribution in [0.5, 0.6) is 0 Å². The van der Waals surface area contributed by atoms with E-state index in [1.165, 1.54) is 0 Å². The van der Waals surface area contributed by atoms with E-state index in [2.05, 4.69) is 5.32 Å². The molecule has 0 bridgehead atoms. The quantitative estimate of drug-likeness (QED) is 0.787. The van der Waals surface area contributed by atoms with E-state index in [1.54, 1.807) is 0 Å². The lowest BCUT2D eigenvalue weighted by molar-refractivity contribution is 0.132. The van der Waals surface area contributed by atoms with E-state index in [-0.39, 0.29) is 13.2 Å². The SMILES string of the molecule is O=POC(CNC(=O)OCc1ccccc1)c1ccccc1. The number of carbonyl (C=O) groups is 1. The minimum absolute atomic E-state index is 0.173. The van der Waals surface area contributed by atoms with Crippen LogP contribution in [-0.2, 0) is 20.4 Å². The van der Waals surface area contributed by atoms with Gasteiger partial charge in [-0.2, -0.15) is 0 Å². The number of carbonyl (C=O) groups excluding carboxylic acids is 1. The van der Waals surface area contributed by atoms with E-state index in [9.17, 15) is 9.36 Å². The normalized spacial score (nSPS) is 11.8. The van der Waals surface area contributed by atoms with E-state index in [4.69, 9.17) is 9.26 Å². The van der Waals surface area contributed by atoms with Crippen molar-refractivity contribution in [3.8, 4) is 0 Å². The average Bonchev–Trinajstić information content (AvgIpc) is 2.58. The molecule has 0 spiro atoms. The van der Waals surface area contributed by atoms with Gasteiger partial charge in [-0.1, -0.05) is 60.7 Å². The third-order valence-corrected chi connectivity index (χ3v) is 3.33. The van der Waals surface area contributed by atoms with Crippen molar-refractivity contribution in [2.45, 2.75) is 12.7 Å². The Morgan fingerprint density at radius 1 is 1.05 bits per heavy atom. The Morgan fingerprint density at radius 2 is 1.68 bits per heavy atom. The molecule has 0 saturated heterocycles. The first kappa shape index (κ1) is 16.1. The summed E-state index contributed by atoms with van der Waals surface area (Å²) in [5, 5.41) is 2.61. The molecule has 1 amide bonds. The van der Waals surface area contributed by atoms with Crippen LogP contribution in [-0.4, -0.2) is 12.6 Å². The Balaban J connectivity index is 1.81. The summed E-state index contributed by atoms with van der Waals surface area (Å²) in [6.45, 7) is 0.371. The number of rotatable bonds is 7. The van der Waals surface area contributed by atoms with Crippen molar-refractivity contribution < 1.29 is 18.6 Å². The van der Waals surface area contributed by atoms with Crippen molar-refractivity contribution in [3.63, 3.8) is 0 Å². The number of hydrogen-bond donors (Lipinski definition) is 1. The molecule has 114 valence electrons. The molecule has 1 N–H and O–H groups in total. The van der Waals surface area contributed by atoms with Crippen LogP contribution in [0.4, 0.5) is 4.79 Å². The van der Waals surface area contributed by atoms with Gasteiger partial charge in [0.1, 0.15) is 12.7 Å². The predicted octanol–water partition coefficient (Wildman–Crippen LogP) is 3.88. The van der Waals surface area contributed by atoms with Crippen molar-refractivity contribution >= 4 is 14.8 Å². The van der Waals surface area contributed by atoms with Crippen molar-refractivity contribution in [2.24, 2.45) is 0 Å². The zero-order chi connectivity index (χ0) is 15.6. The highest BCUT2D eigenvalue weighted by Crippen LogP contribution is 2.20. The summed E-state index contributed by atoms with van der Waals surface area (Å²) in [5.74, 6) is 0. The highest BCUT2D eigenvalue weighted by Gasteiger charge is 2.14. The Hall–Kier alpha value is -2.23. The van der Waals surface area contributed by atoms with Crippen LogP contribution in [0.15, 0.2) is 60.7 Å². The average molecular weight is 317 g/mol. The highest BCUT2D eigenvalue weighted by atomic mass is 31.1. The number of ether oxygens (including phenoxy) is 1. The molecule has 0 aliphatic heterocycles. The molecule has 5 nitrogen and oxygen atoms in total. The molecule has 0 heterocycles. The van der Waals surface area contributed by atoms with Crippen molar-refractivity contribution in [2.75, 3.05) is 6.54 Å². The second-order valence-corrected chi connectivity index (χ2v) is 4.88. The molecule has 0 aromatic heterocycles. The van der Waals surface area contributed by atoms with Gasteiger partial charge in [0.15, 0.2) is 0 Å². The molecule has 22 heavy (non-hydrogen) atoms. The molecule has 2 aromatic carbocycles. The fourth-order valence-electron chi connectivity index (χ4n) is 1.89. The summed E-state index contributed by atoms with van der Waals surface area (Å²) in [4.78, 5) is 11.7. The van der Waals surface area contributed by atoms with Crippen LogP contribution in [0.2, 0.25) is 0 Å². The zero-order valence-electron chi connectivity index (χ0n) is 11.8. The number of benzene rings is 2. The first-order valence-corrected chi connectivity index (χ1v) is 7.50. The van der Waals surface area contributed by atoms with Crippen LogP contribution in [0.25, 0.3) is 0 Å². The lowest BCUT2D eigenvalue weighted by Crippen LogP contribution is -2.29. The standard InChI is InChI=1S/C16H16NO4P/c18-16(20-12-13-7-3-1-4-8-13)17-11-15(21-22-19)14-9-5-2-6-10-14/h1-10,15H,11-12H2,(H,17,18). The van der Waals surface area contributed by atoms with Crippen molar-refractivity contribution in [1.29, 1.82) is 0 Å². The lowest BCUT2D eigenvalue weighted by atomic mass is 10.1. The molecule has 0 fully saturated rings. The van der Waals surface area contributed by atoms with E-state index in [0.717, 1.165) is 11.1 Å². The summed E-state index contributed by atoms with van der Waals surface area (Å²) in [7, 11) is -0.436. The Morgan fingerprint density at radius 3 is 2.32 bits per heavy atom. The minimum atomic E-state index is -0.545. The number of alkyl carbamates (subject to hydrolysis) is 1. The van der Waals surface area contributed by atoms with Gasteiger partial charge < -0.3 is 10.1 Å². The van der Waals surface area contributed by atoms with Crippen LogP contribution in [0.3, 0.4) is 0 Å². The van der Waals surface area contributed by atoms with Gasteiger partial charge in [-0.15, -0.1) is 0 Å². The van der Waals surface area contributed by atoms with Crippen molar-refractivity contribution in [3.05, 3.63) is 71.8 Å². The van der Waals surface area contributed by atoms with Crippen LogP contribution in [0, 0.1) is 0 Å². The maximum absolute atomic E-state index is 11.7. The van der Waals surface area contributed by atoms with Gasteiger partial charge in [0, 0.05) is 0 Å². The topological polar surface area (TPSA) is 64.6 Å². The molecule has 0 aliphatic carbocycles. The number of nitrogens with one attached hydrogen (secondary N) is 1. The third-order valence-electron chi connectivity index (χ3n) is 2.99. The summed E-state index contributed by atoms with van der Waals surface area (Å²) >= 11 is 0. The largest absolute Gasteiger partial charge is 0.445 e. The van der Waals surface area contributed by atoms with Gasteiger partial charge in [-0.3, -0.25) is 4.52 Å². The second kappa shape index (κ2) is 8.93. The fourth-order valence-corrected chi connectivity index (χ4v) is 2.19. The smallest absolute Gasteiger partial charge is 0.407 e. The van der Waals surface area contributed by atoms with Gasteiger partial charge >= 0.3 is 14.8 Å². The minimum Gasteiger partial charge on any atom is -0.445 e. The first-order valence-electron chi connectivity index (χ1n) is 6.77. The van der Waals surface area contributed by atoms with E-state index < -0.39 is 20.9 Å². The van der Waals surface area contributed by atoms with E-state index in [0.29, 0.717) is 0 Å². The molecular formula is C16H16NO4P. The molecule has 0 saturated carbocycles. The van der Waals surface area contributed by atoms with Gasteiger partial charge in [-0.25, -0.2) is 9.36 Å². The van der Waals surface area contributed by atoms with Gasteiger partial charge in [0.05, 0.1) is 6.54 Å². The molecule has 2 rings (SSSR count). The van der Waals surface area contributed by atoms with Gasteiger partial charge in [-0.05, 0) is 11.1 Å². The summed E-state index contributed by atoms with van der Waals surface area (Å²) in [6, 6.07) is 18.7. The summed E-state index contributed by atoms with van der Waals surface area (Å²) < 4.78 is 20.9. The van der Waals surface area contributed by atoms with Crippen molar-refractivity contribution in [1.82, 2.24) is 5.32 Å². The molecule has 1 atom stereocenters. The van der Waals surface area contributed by atoms with Crippen LogP contribution < -0.4 is 5.32 Å². The maximum Gasteiger partial charge on any atom is 0.407 e. The monoisotopic (exact) mass is 317 g/mol. The molecule has 1 unspecified atom stereocenters. The van der Waals surface area contributed by atoms with E-state index in [1.807, 2.05) is 60.7 Å². The second-order valence-electron chi connectivity index (χ2n) is 4.52. The number of hydrogen-bond acceptors (Lipinski definition) is 4. The number of amides is 1. The molecule has 0 radical (unpaired) electrons. The molecule has 2 aromatic rings. The summed E-state index contributed by atoms with van der Waals surface area (Å²) in [6.07, 6.45) is -1.04. The molecule has 0 aliphatic rings. The third kappa shape index (κ3) is 5.28. The van der Waals surface area contributed by atoms with Crippen LogP contribution in [0.1, 0.15) is 17.2 Å².